The van der Waals surface area contributed by atoms with E-state index in [0.717, 1.165) is 0 Å². The standard InChI is InChI=1S/C12H11ClO2P2/c13-10-6-8-12(9-7-10)17(15)16(14)11-4-2-1-3-5-11/h1-9,16-17H. The van der Waals surface area contributed by atoms with Gasteiger partial charge in [-0.2, -0.15) is 0 Å². The molecule has 0 amide bonds. The third-order valence-electron chi connectivity index (χ3n) is 2.35. The molecule has 0 saturated carbocycles. The molecule has 0 heterocycles. The summed E-state index contributed by atoms with van der Waals surface area (Å²) in [5, 5.41) is 1.87. The largest absolute Gasteiger partial charge is 0.314 e. The fourth-order valence-electron chi connectivity index (χ4n) is 1.45. The number of hydrogen-bond donors (Lipinski definition) is 0. The molecule has 2 atom stereocenters. The van der Waals surface area contributed by atoms with Gasteiger partial charge in [0.2, 0.25) is 0 Å². The fraction of sp³-hybridized carbons (Fsp3) is 0. The van der Waals surface area contributed by atoms with Crippen LogP contribution in [0.1, 0.15) is 0 Å². The van der Waals surface area contributed by atoms with Crippen molar-refractivity contribution in [3.8, 4) is 0 Å². The maximum absolute atomic E-state index is 12.1. The highest BCUT2D eigenvalue weighted by molar-refractivity contribution is 8.24. The molecule has 2 rings (SSSR count). The van der Waals surface area contributed by atoms with E-state index in [4.69, 9.17) is 11.6 Å². The first-order valence-electron chi connectivity index (χ1n) is 5.08. The smallest absolute Gasteiger partial charge is 0.161 e. The van der Waals surface area contributed by atoms with Crippen LogP contribution in [0.15, 0.2) is 54.6 Å². The maximum atomic E-state index is 12.1. The number of halogens is 1. The van der Waals surface area contributed by atoms with Crippen molar-refractivity contribution >= 4 is 37.2 Å². The second-order valence-corrected chi connectivity index (χ2v) is 9.16. The van der Waals surface area contributed by atoms with Crippen LogP contribution < -0.4 is 10.6 Å². The molecule has 2 aromatic rings. The molecule has 0 spiro atoms. The van der Waals surface area contributed by atoms with E-state index in [1.54, 1.807) is 48.5 Å². The molecule has 0 aliphatic heterocycles. The molecule has 0 bridgehead atoms. The zero-order chi connectivity index (χ0) is 12.3. The molecule has 0 radical (unpaired) electrons. The zero-order valence-electron chi connectivity index (χ0n) is 8.89. The Labute approximate surface area is 106 Å². The van der Waals surface area contributed by atoms with Crippen LogP contribution >= 0.6 is 26.6 Å². The second-order valence-electron chi connectivity index (χ2n) is 3.53. The molecular formula is C12H11ClO2P2. The quantitative estimate of drug-likeness (QED) is 0.810. The van der Waals surface area contributed by atoms with Crippen molar-refractivity contribution < 1.29 is 9.13 Å². The molecule has 0 aliphatic rings. The van der Waals surface area contributed by atoms with Gasteiger partial charge in [-0.15, -0.1) is 0 Å². The third-order valence-corrected chi connectivity index (χ3v) is 7.70. The summed E-state index contributed by atoms with van der Waals surface area (Å²) in [6.07, 6.45) is 0. The summed E-state index contributed by atoms with van der Waals surface area (Å²) >= 11 is 5.75. The van der Waals surface area contributed by atoms with Crippen LogP contribution in [0.2, 0.25) is 5.02 Å². The van der Waals surface area contributed by atoms with Crippen LogP contribution in [0.25, 0.3) is 0 Å². The van der Waals surface area contributed by atoms with Crippen LogP contribution in [-0.2, 0) is 9.13 Å². The molecule has 2 nitrogen and oxygen atoms in total. The van der Waals surface area contributed by atoms with Gasteiger partial charge in [0.15, 0.2) is 15.0 Å². The number of benzene rings is 2. The molecule has 2 aromatic carbocycles. The number of rotatable bonds is 3. The Morgan fingerprint density at radius 3 is 1.71 bits per heavy atom. The molecule has 5 heteroatoms. The topological polar surface area (TPSA) is 34.1 Å². The van der Waals surface area contributed by atoms with Crippen LogP contribution in [0.5, 0.6) is 0 Å². The fourth-order valence-corrected chi connectivity index (χ4v) is 5.64. The summed E-state index contributed by atoms with van der Waals surface area (Å²) in [7, 11) is -4.53. The summed E-state index contributed by atoms with van der Waals surface area (Å²) in [4.78, 5) is 0. The van der Waals surface area contributed by atoms with Crippen molar-refractivity contribution in [3.05, 3.63) is 59.6 Å². The Balaban J connectivity index is 2.27. The van der Waals surface area contributed by atoms with E-state index >= 15 is 0 Å². The minimum Gasteiger partial charge on any atom is -0.314 e. The molecule has 0 fully saturated rings. The van der Waals surface area contributed by atoms with E-state index in [0.29, 0.717) is 15.6 Å². The highest BCUT2D eigenvalue weighted by Gasteiger charge is 2.13. The van der Waals surface area contributed by atoms with Gasteiger partial charge in [0.05, 0.1) is 0 Å². The molecule has 88 valence electrons. The lowest BCUT2D eigenvalue weighted by atomic mass is 10.4. The van der Waals surface area contributed by atoms with Gasteiger partial charge in [-0.3, -0.25) is 0 Å². The molecule has 0 saturated heterocycles. The van der Waals surface area contributed by atoms with Crippen LogP contribution in [0, 0.1) is 0 Å². The summed E-state index contributed by atoms with van der Waals surface area (Å²) < 4.78 is 24.2. The minimum absolute atomic E-state index is 0.586. The first-order valence-corrected chi connectivity index (χ1v) is 9.27. The average molecular weight is 285 g/mol. The molecule has 0 N–H and O–H groups in total. The summed E-state index contributed by atoms with van der Waals surface area (Å²) in [6, 6.07) is 15.6. The van der Waals surface area contributed by atoms with Gasteiger partial charge in [-0.1, -0.05) is 41.9 Å². The monoisotopic (exact) mass is 284 g/mol. The lowest BCUT2D eigenvalue weighted by Gasteiger charge is -2.03. The van der Waals surface area contributed by atoms with Crippen molar-refractivity contribution in [1.82, 2.24) is 0 Å². The molecular weight excluding hydrogens is 274 g/mol. The maximum Gasteiger partial charge on any atom is 0.161 e. The van der Waals surface area contributed by atoms with Crippen molar-refractivity contribution in [2.45, 2.75) is 0 Å². The van der Waals surface area contributed by atoms with Crippen LogP contribution in [0.4, 0.5) is 0 Å². The van der Waals surface area contributed by atoms with E-state index in [9.17, 15) is 9.13 Å². The number of hydrogen-bond acceptors (Lipinski definition) is 2. The Bertz CT molecular complexity index is 552. The summed E-state index contributed by atoms with van der Waals surface area (Å²) in [5.74, 6) is 0. The van der Waals surface area contributed by atoms with Crippen molar-refractivity contribution in [3.63, 3.8) is 0 Å². The van der Waals surface area contributed by atoms with E-state index < -0.39 is 15.0 Å². The van der Waals surface area contributed by atoms with Crippen molar-refractivity contribution in [2.24, 2.45) is 0 Å². The Kier molecular flexibility index (Phi) is 4.23. The summed E-state index contributed by atoms with van der Waals surface area (Å²) in [6.45, 7) is 0. The van der Waals surface area contributed by atoms with Gasteiger partial charge in [-0.25, -0.2) is 0 Å². The second kappa shape index (κ2) is 5.69. The predicted octanol–water partition coefficient (Wildman–Crippen LogP) is 3.33. The zero-order valence-corrected chi connectivity index (χ0v) is 11.6. The first-order chi connectivity index (χ1) is 8.18. The molecule has 17 heavy (non-hydrogen) atoms. The Hall–Kier alpha value is -0.810. The highest BCUT2D eigenvalue weighted by Crippen LogP contribution is 2.49. The van der Waals surface area contributed by atoms with Crippen molar-refractivity contribution in [2.75, 3.05) is 0 Å². The van der Waals surface area contributed by atoms with E-state index in [1.807, 2.05) is 6.07 Å². The summed E-state index contributed by atoms with van der Waals surface area (Å²) in [5.41, 5.74) is 0. The Morgan fingerprint density at radius 1 is 0.706 bits per heavy atom. The van der Waals surface area contributed by atoms with E-state index in [-0.39, 0.29) is 0 Å². The lowest BCUT2D eigenvalue weighted by Crippen LogP contribution is -1.98. The van der Waals surface area contributed by atoms with E-state index in [1.165, 1.54) is 0 Å². The van der Waals surface area contributed by atoms with Gasteiger partial charge < -0.3 is 9.13 Å². The average Bonchev–Trinajstić information content (AvgIpc) is 2.39. The SMILES string of the molecule is O=[PH](c1ccccc1)[PH](=O)c1ccc(Cl)cc1. The van der Waals surface area contributed by atoms with Gasteiger partial charge in [0.25, 0.3) is 0 Å². The normalized spacial score (nSPS) is 14.2. The predicted molar refractivity (Wildman–Crippen MR) is 75.2 cm³/mol. The van der Waals surface area contributed by atoms with Crippen molar-refractivity contribution in [1.29, 1.82) is 0 Å². The van der Waals surface area contributed by atoms with Gasteiger partial charge >= 0.3 is 0 Å². The van der Waals surface area contributed by atoms with Gasteiger partial charge in [0.1, 0.15) is 0 Å². The van der Waals surface area contributed by atoms with Crippen LogP contribution in [-0.4, -0.2) is 0 Å². The van der Waals surface area contributed by atoms with Gasteiger partial charge in [0, 0.05) is 15.6 Å². The Morgan fingerprint density at radius 2 is 1.18 bits per heavy atom. The molecule has 0 aromatic heterocycles. The van der Waals surface area contributed by atoms with E-state index in [2.05, 4.69) is 0 Å². The lowest BCUT2D eigenvalue weighted by molar-refractivity contribution is 0.586. The first kappa shape index (κ1) is 12.6. The van der Waals surface area contributed by atoms with Gasteiger partial charge in [-0.05, 0) is 24.3 Å². The minimum atomic E-state index is -2.28. The molecule has 2 unspecified atom stereocenters. The van der Waals surface area contributed by atoms with Crippen LogP contribution in [0.3, 0.4) is 0 Å². The highest BCUT2D eigenvalue weighted by atomic mass is 35.5. The molecule has 0 aliphatic carbocycles. The third kappa shape index (κ3) is 3.10.